The largest absolute Gasteiger partial charge is 0.477 e. The maximum atomic E-state index is 12.0. The van der Waals surface area contributed by atoms with Crippen molar-refractivity contribution in [2.24, 2.45) is 0 Å². The Balaban J connectivity index is 0.000000164. The van der Waals surface area contributed by atoms with Crippen molar-refractivity contribution in [1.29, 1.82) is 0 Å². The molecular weight excluding hydrogens is 265 g/mol. The van der Waals surface area contributed by atoms with Crippen LogP contribution in [0.15, 0.2) is 35.7 Å². The van der Waals surface area contributed by atoms with E-state index < -0.39 is 22.6 Å². The maximum absolute atomic E-state index is 12.0. The minimum absolute atomic E-state index is 0.565. The monoisotopic (exact) mass is 272 g/mol. The van der Waals surface area contributed by atoms with Crippen molar-refractivity contribution in [3.8, 4) is 11.1 Å². The molecule has 6 heteroatoms. The fourth-order valence-corrected chi connectivity index (χ4v) is 2.11. The van der Waals surface area contributed by atoms with Crippen LogP contribution in [0.25, 0.3) is 11.1 Å². The number of rotatable bonds is 1. The fourth-order valence-electron chi connectivity index (χ4n) is 1.36. The number of hydrogen-bond acceptors (Lipinski definition) is 2. The van der Waals surface area contributed by atoms with Crippen LogP contribution in [0.2, 0.25) is 0 Å². The van der Waals surface area contributed by atoms with E-state index in [1.165, 1.54) is 11.1 Å². The standard InChI is InChI=1S/C6H3F3O2S.C6H4/c7-6(8,9)3-1-2-12-4(3)5(10)11;1-2-6-4-3-5(1)6/h1-2H,(H,10,11);1-4H. The Hall–Kier alpha value is -1.82. The Kier molecular flexibility index (Phi) is 3.13. The molecular formula is C12H7F3O2S. The lowest BCUT2D eigenvalue weighted by molar-refractivity contribution is -0.137. The van der Waals surface area contributed by atoms with E-state index in [9.17, 15) is 18.0 Å². The molecule has 0 saturated heterocycles. The van der Waals surface area contributed by atoms with Gasteiger partial charge in [-0.05, 0) is 22.6 Å². The first-order valence-electron chi connectivity index (χ1n) is 4.88. The lowest BCUT2D eigenvalue weighted by Crippen LogP contribution is -2.09. The molecule has 0 aromatic carbocycles. The van der Waals surface area contributed by atoms with Crippen molar-refractivity contribution in [2.75, 3.05) is 0 Å². The molecule has 0 amide bonds. The van der Waals surface area contributed by atoms with Gasteiger partial charge in [0.1, 0.15) is 4.88 Å². The number of benzene rings is 1. The van der Waals surface area contributed by atoms with E-state index in [1.54, 1.807) is 0 Å². The van der Waals surface area contributed by atoms with Crippen LogP contribution < -0.4 is 0 Å². The zero-order valence-corrected chi connectivity index (χ0v) is 9.68. The van der Waals surface area contributed by atoms with Gasteiger partial charge >= 0.3 is 12.1 Å². The number of carboxylic acids is 1. The summed E-state index contributed by atoms with van der Waals surface area (Å²) >= 11 is 0.565. The van der Waals surface area contributed by atoms with Gasteiger partial charge in [-0.25, -0.2) is 4.79 Å². The van der Waals surface area contributed by atoms with Crippen LogP contribution in [-0.4, -0.2) is 11.1 Å². The number of thiophene rings is 1. The minimum Gasteiger partial charge on any atom is -0.477 e. The van der Waals surface area contributed by atoms with Crippen LogP contribution in [0.3, 0.4) is 0 Å². The summed E-state index contributed by atoms with van der Waals surface area (Å²) in [6.07, 6.45) is -4.58. The molecule has 0 aliphatic heterocycles. The average molecular weight is 272 g/mol. The molecule has 94 valence electrons. The van der Waals surface area contributed by atoms with E-state index in [0.29, 0.717) is 11.3 Å². The summed E-state index contributed by atoms with van der Waals surface area (Å²) in [4.78, 5) is 9.58. The second-order valence-electron chi connectivity index (χ2n) is 3.54. The molecule has 0 bridgehead atoms. The highest BCUT2D eigenvalue weighted by Gasteiger charge is 2.36. The molecule has 2 aliphatic carbocycles. The van der Waals surface area contributed by atoms with Crippen molar-refractivity contribution < 1.29 is 23.1 Å². The molecule has 2 aliphatic rings. The van der Waals surface area contributed by atoms with E-state index in [2.05, 4.69) is 24.3 Å². The van der Waals surface area contributed by atoms with Gasteiger partial charge in [0.2, 0.25) is 0 Å². The van der Waals surface area contributed by atoms with Gasteiger partial charge in [-0.1, -0.05) is 24.3 Å². The number of carbonyl (C=O) groups is 1. The van der Waals surface area contributed by atoms with E-state index in [4.69, 9.17) is 5.11 Å². The van der Waals surface area contributed by atoms with Crippen LogP contribution >= 0.6 is 11.3 Å². The Morgan fingerprint density at radius 2 is 1.56 bits per heavy atom. The zero-order valence-electron chi connectivity index (χ0n) is 8.86. The predicted octanol–water partition coefficient (Wildman–Crippen LogP) is 4.13. The molecule has 0 atom stereocenters. The Morgan fingerprint density at radius 3 is 1.78 bits per heavy atom. The van der Waals surface area contributed by atoms with Gasteiger partial charge in [-0.2, -0.15) is 13.2 Å². The van der Waals surface area contributed by atoms with Gasteiger partial charge in [-0.3, -0.25) is 0 Å². The summed E-state index contributed by atoms with van der Waals surface area (Å²) in [5.74, 6) is -1.54. The van der Waals surface area contributed by atoms with Gasteiger partial charge in [0.05, 0.1) is 5.56 Å². The molecule has 18 heavy (non-hydrogen) atoms. The van der Waals surface area contributed by atoms with Gasteiger partial charge < -0.3 is 5.11 Å². The highest BCUT2D eigenvalue weighted by Crippen LogP contribution is 2.34. The van der Waals surface area contributed by atoms with Crippen LogP contribution in [0.5, 0.6) is 0 Å². The third-order valence-electron chi connectivity index (χ3n) is 2.38. The summed E-state index contributed by atoms with van der Waals surface area (Å²) in [5, 5.41) is 9.43. The number of fused-ring (bicyclic) bond motifs is 1. The van der Waals surface area contributed by atoms with Crippen LogP contribution in [0.1, 0.15) is 15.2 Å². The zero-order chi connectivity index (χ0) is 13.3. The third kappa shape index (κ3) is 2.38. The van der Waals surface area contributed by atoms with Crippen molar-refractivity contribution in [3.63, 3.8) is 0 Å². The molecule has 0 fully saturated rings. The van der Waals surface area contributed by atoms with Crippen molar-refractivity contribution in [2.45, 2.75) is 6.18 Å². The van der Waals surface area contributed by atoms with Crippen molar-refractivity contribution in [1.82, 2.24) is 0 Å². The second kappa shape index (κ2) is 4.45. The lowest BCUT2D eigenvalue weighted by Gasteiger charge is -2.10. The Bertz CT molecular complexity index is 549. The Morgan fingerprint density at radius 1 is 1.06 bits per heavy atom. The maximum Gasteiger partial charge on any atom is 0.418 e. The molecule has 0 unspecified atom stereocenters. The van der Waals surface area contributed by atoms with Gasteiger partial charge in [0.15, 0.2) is 0 Å². The van der Waals surface area contributed by atoms with Crippen LogP contribution in [-0.2, 0) is 6.18 Å². The van der Waals surface area contributed by atoms with E-state index in [-0.39, 0.29) is 0 Å². The summed E-state index contributed by atoms with van der Waals surface area (Å²) in [6, 6.07) is 9.24. The van der Waals surface area contributed by atoms with E-state index in [0.717, 1.165) is 11.4 Å². The molecule has 1 aromatic heterocycles. The molecule has 0 spiro atoms. The molecule has 3 rings (SSSR count). The Labute approximate surface area is 104 Å². The number of carboxylic acid groups (broad SMARTS) is 1. The van der Waals surface area contributed by atoms with Crippen molar-refractivity contribution in [3.05, 3.63) is 46.2 Å². The third-order valence-corrected chi connectivity index (χ3v) is 3.29. The quantitative estimate of drug-likeness (QED) is 0.723. The van der Waals surface area contributed by atoms with Gasteiger partial charge in [-0.15, -0.1) is 11.3 Å². The summed E-state index contributed by atoms with van der Waals surface area (Å²) in [6.45, 7) is 0. The average Bonchev–Trinajstić information content (AvgIpc) is 2.72. The normalized spacial score (nSPS) is 11.5. The van der Waals surface area contributed by atoms with Crippen LogP contribution in [0.4, 0.5) is 13.2 Å². The van der Waals surface area contributed by atoms with Gasteiger partial charge in [0, 0.05) is 0 Å². The fraction of sp³-hybridized carbons (Fsp3) is 0.0833. The molecule has 1 N–H and O–H groups in total. The number of alkyl halides is 3. The first-order chi connectivity index (χ1) is 8.39. The molecule has 2 nitrogen and oxygen atoms in total. The number of halogens is 3. The van der Waals surface area contributed by atoms with Gasteiger partial charge in [0.25, 0.3) is 0 Å². The smallest absolute Gasteiger partial charge is 0.418 e. The number of aromatic carboxylic acids is 1. The minimum atomic E-state index is -4.58. The lowest BCUT2D eigenvalue weighted by atomic mass is 9.95. The van der Waals surface area contributed by atoms with E-state index >= 15 is 0 Å². The van der Waals surface area contributed by atoms with Crippen LogP contribution in [0, 0.1) is 0 Å². The highest BCUT2D eigenvalue weighted by atomic mass is 32.1. The van der Waals surface area contributed by atoms with Crippen molar-refractivity contribution >= 4 is 17.3 Å². The first-order valence-corrected chi connectivity index (χ1v) is 5.76. The topological polar surface area (TPSA) is 37.3 Å². The molecule has 1 heterocycles. The molecule has 0 saturated carbocycles. The highest BCUT2D eigenvalue weighted by molar-refractivity contribution is 7.12. The number of hydrogen-bond donors (Lipinski definition) is 1. The van der Waals surface area contributed by atoms with E-state index in [1.807, 2.05) is 0 Å². The predicted molar refractivity (Wildman–Crippen MR) is 61.7 cm³/mol. The summed E-state index contributed by atoms with van der Waals surface area (Å²) in [7, 11) is 0. The summed E-state index contributed by atoms with van der Waals surface area (Å²) < 4.78 is 36.0. The SMILES string of the molecule is O=C(O)c1sccc1C(F)(F)F.c1cc2ccc1-2. The molecule has 1 aromatic rings. The first kappa shape index (κ1) is 12.6. The second-order valence-corrected chi connectivity index (χ2v) is 4.46. The molecule has 0 radical (unpaired) electrons. The summed E-state index contributed by atoms with van der Waals surface area (Å²) in [5.41, 5.74) is 1.77.